The van der Waals surface area contributed by atoms with Gasteiger partial charge in [0.05, 0.1) is 13.2 Å². The number of esters is 1. The average molecular weight is 417 g/mol. The highest BCUT2D eigenvalue weighted by Crippen LogP contribution is 2.47. The minimum absolute atomic E-state index is 0.231. The fourth-order valence-electron chi connectivity index (χ4n) is 4.11. The Morgan fingerprint density at radius 2 is 2.17 bits per heavy atom. The molecule has 7 heteroatoms. The number of ether oxygens (including phenoxy) is 2. The average Bonchev–Trinajstić information content (AvgIpc) is 3.16. The van der Waals surface area contributed by atoms with Gasteiger partial charge in [0.15, 0.2) is 6.17 Å². The normalized spacial score (nSPS) is 33.5. The zero-order valence-electron chi connectivity index (χ0n) is 17.5. The van der Waals surface area contributed by atoms with Crippen molar-refractivity contribution in [1.82, 2.24) is 0 Å². The van der Waals surface area contributed by atoms with E-state index in [-0.39, 0.29) is 24.6 Å². The molecule has 7 atom stereocenters. The summed E-state index contributed by atoms with van der Waals surface area (Å²) in [6.45, 7) is 3.31. The van der Waals surface area contributed by atoms with Gasteiger partial charge in [-0.1, -0.05) is 31.9 Å². The van der Waals surface area contributed by atoms with Crippen molar-refractivity contribution in [2.45, 2.75) is 88.9 Å². The summed E-state index contributed by atoms with van der Waals surface area (Å²) < 4.78 is 39.8. The highest BCUT2D eigenvalue weighted by atomic mass is 19.1. The molecule has 2 fully saturated rings. The number of halogens is 2. The Kier molecular flexibility index (Phi) is 8.64. The summed E-state index contributed by atoms with van der Waals surface area (Å²) in [5.74, 6) is -1.20. The predicted octanol–water partition coefficient (Wildman–Crippen LogP) is 3.78. The number of hydrogen-bond donors (Lipinski definition) is 2. The summed E-state index contributed by atoms with van der Waals surface area (Å²) in [6.07, 6.45) is 3.91. The van der Waals surface area contributed by atoms with Gasteiger partial charge in [-0.25, -0.2) is 8.78 Å². The van der Waals surface area contributed by atoms with Crippen LogP contribution in [0.3, 0.4) is 0 Å². The first-order valence-corrected chi connectivity index (χ1v) is 10.5. The molecule has 29 heavy (non-hydrogen) atoms. The summed E-state index contributed by atoms with van der Waals surface area (Å²) >= 11 is 0. The van der Waals surface area contributed by atoms with Gasteiger partial charge in [0.1, 0.15) is 23.6 Å². The number of methoxy groups -OCH3 is 1. The lowest BCUT2D eigenvalue weighted by Crippen LogP contribution is -2.33. The quantitative estimate of drug-likeness (QED) is 0.322. The summed E-state index contributed by atoms with van der Waals surface area (Å²) in [5.41, 5.74) is -1.76. The van der Waals surface area contributed by atoms with Crippen molar-refractivity contribution in [2.24, 2.45) is 11.8 Å². The Labute approximate surface area is 171 Å². The monoisotopic (exact) mass is 416 g/mol. The Morgan fingerprint density at radius 1 is 1.45 bits per heavy atom. The van der Waals surface area contributed by atoms with E-state index in [1.54, 1.807) is 12.2 Å². The molecule has 2 aliphatic rings. The van der Waals surface area contributed by atoms with E-state index in [0.717, 1.165) is 6.42 Å². The van der Waals surface area contributed by atoms with Gasteiger partial charge >= 0.3 is 5.97 Å². The first kappa shape index (κ1) is 23.8. The lowest BCUT2D eigenvalue weighted by atomic mass is 9.87. The van der Waals surface area contributed by atoms with Crippen LogP contribution in [-0.4, -0.2) is 53.4 Å². The standard InChI is InChI=1S/C22H34F2O5/c1-4-5-12-22(2,24)18(26)11-10-14-15(25)13-17-20(14)21(23)16(29-17)8-6-7-9-19(27)28-3/h8,10-11,14-15,17-18,20-21,25-26H,4-7,9,12-13H2,1-3H3/t14-,15+,17-,18+,20+,21?,22?/m0/s1. The second-order valence-electron chi connectivity index (χ2n) is 8.30. The summed E-state index contributed by atoms with van der Waals surface area (Å²) in [6, 6.07) is 0. The van der Waals surface area contributed by atoms with Gasteiger partial charge in [-0.2, -0.15) is 0 Å². The zero-order valence-corrected chi connectivity index (χ0v) is 17.5. The molecule has 0 bridgehead atoms. The van der Waals surface area contributed by atoms with Crippen LogP contribution >= 0.6 is 0 Å². The van der Waals surface area contributed by atoms with Gasteiger partial charge in [-0.3, -0.25) is 4.79 Å². The Morgan fingerprint density at radius 3 is 2.83 bits per heavy atom. The Balaban J connectivity index is 1.98. The molecular weight excluding hydrogens is 382 g/mol. The van der Waals surface area contributed by atoms with E-state index in [1.165, 1.54) is 20.1 Å². The van der Waals surface area contributed by atoms with Gasteiger partial charge < -0.3 is 19.7 Å². The minimum Gasteiger partial charge on any atom is -0.491 e. The molecule has 1 saturated heterocycles. The van der Waals surface area contributed by atoms with E-state index in [0.29, 0.717) is 25.7 Å². The SMILES string of the molecule is CCCCC(C)(F)[C@H](O)C=C[C@@H]1[C@H]2C(F)C(=CCCCC(=O)OC)O[C@H]2C[C@H]1O. The molecule has 0 radical (unpaired) electrons. The number of hydrogen-bond acceptors (Lipinski definition) is 5. The fourth-order valence-corrected chi connectivity index (χ4v) is 4.11. The van der Waals surface area contributed by atoms with Crippen LogP contribution in [-0.2, 0) is 14.3 Å². The number of carbonyl (C=O) groups excluding carboxylic acids is 1. The predicted molar refractivity (Wildman–Crippen MR) is 106 cm³/mol. The Bertz CT molecular complexity index is 604. The van der Waals surface area contributed by atoms with Gasteiger partial charge in [-0.15, -0.1) is 0 Å². The van der Waals surface area contributed by atoms with Gasteiger partial charge in [-0.05, 0) is 32.3 Å². The van der Waals surface area contributed by atoms with Crippen LogP contribution in [0.1, 0.15) is 58.8 Å². The van der Waals surface area contributed by atoms with E-state index in [2.05, 4.69) is 4.74 Å². The third kappa shape index (κ3) is 6.01. The maximum absolute atomic E-state index is 15.0. The van der Waals surface area contributed by atoms with Gasteiger partial charge in [0.2, 0.25) is 0 Å². The van der Waals surface area contributed by atoms with Crippen LogP contribution in [0.5, 0.6) is 0 Å². The van der Waals surface area contributed by atoms with Crippen molar-refractivity contribution >= 4 is 5.97 Å². The van der Waals surface area contributed by atoms with Gasteiger partial charge in [0, 0.05) is 24.7 Å². The summed E-state index contributed by atoms with van der Waals surface area (Å²) in [4.78, 5) is 11.1. The van der Waals surface area contributed by atoms with Crippen LogP contribution in [0.4, 0.5) is 8.78 Å². The number of alkyl halides is 2. The number of rotatable bonds is 10. The van der Waals surface area contributed by atoms with Crippen molar-refractivity contribution in [3.8, 4) is 0 Å². The fraction of sp³-hybridized carbons (Fsp3) is 0.773. The molecule has 2 unspecified atom stereocenters. The second kappa shape index (κ2) is 10.5. The molecule has 1 saturated carbocycles. The number of unbranched alkanes of at least 4 members (excludes halogenated alkanes) is 2. The molecule has 2 rings (SSSR count). The molecule has 166 valence electrons. The van der Waals surface area contributed by atoms with Crippen molar-refractivity contribution in [2.75, 3.05) is 7.11 Å². The highest BCUT2D eigenvalue weighted by molar-refractivity contribution is 5.69. The molecule has 0 aromatic rings. The summed E-state index contributed by atoms with van der Waals surface area (Å²) in [5, 5.41) is 20.5. The zero-order chi connectivity index (χ0) is 21.6. The smallest absolute Gasteiger partial charge is 0.305 e. The molecule has 0 spiro atoms. The maximum atomic E-state index is 15.0. The molecule has 5 nitrogen and oxygen atoms in total. The third-order valence-electron chi connectivity index (χ3n) is 6.00. The largest absolute Gasteiger partial charge is 0.491 e. The number of aliphatic hydroxyl groups is 2. The lowest BCUT2D eigenvalue weighted by Gasteiger charge is -2.25. The van der Waals surface area contributed by atoms with Gasteiger partial charge in [0.25, 0.3) is 0 Å². The first-order chi connectivity index (χ1) is 13.7. The van der Waals surface area contributed by atoms with Crippen LogP contribution in [0.15, 0.2) is 24.0 Å². The number of aliphatic hydroxyl groups excluding tert-OH is 2. The third-order valence-corrected chi connectivity index (χ3v) is 6.00. The first-order valence-electron chi connectivity index (χ1n) is 10.5. The van der Waals surface area contributed by atoms with E-state index < -0.39 is 42.0 Å². The Hall–Kier alpha value is -1.47. The maximum Gasteiger partial charge on any atom is 0.305 e. The van der Waals surface area contributed by atoms with E-state index in [9.17, 15) is 23.8 Å². The number of fused-ring (bicyclic) bond motifs is 1. The van der Waals surface area contributed by atoms with E-state index in [1.807, 2.05) is 6.92 Å². The van der Waals surface area contributed by atoms with Crippen LogP contribution in [0.25, 0.3) is 0 Å². The molecule has 1 aliphatic heterocycles. The van der Waals surface area contributed by atoms with Crippen LogP contribution in [0.2, 0.25) is 0 Å². The molecule has 0 aromatic heterocycles. The highest BCUT2D eigenvalue weighted by Gasteiger charge is 2.53. The van der Waals surface area contributed by atoms with E-state index in [4.69, 9.17) is 4.74 Å². The second-order valence-corrected chi connectivity index (χ2v) is 8.30. The number of carbonyl (C=O) groups is 1. The molecule has 0 amide bonds. The molecule has 1 heterocycles. The van der Waals surface area contributed by atoms with Crippen molar-refractivity contribution < 1.29 is 33.3 Å². The minimum atomic E-state index is -1.76. The topological polar surface area (TPSA) is 76.0 Å². The van der Waals surface area contributed by atoms with Crippen LogP contribution < -0.4 is 0 Å². The molecule has 1 aliphatic carbocycles. The molecule has 0 aromatic carbocycles. The molecular formula is C22H34F2O5. The lowest BCUT2D eigenvalue weighted by molar-refractivity contribution is -0.140. The van der Waals surface area contributed by atoms with Crippen LogP contribution in [0, 0.1) is 11.8 Å². The molecule has 2 N–H and O–H groups in total. The summed E-state index contributed by atoms with van der Waals surface area (Å²) in [7, 11) is 1.32. The van der Waals surface area contributed by atoms with Crippen molar-refractivity contribution in [3.63, 3.8) is 0 Å². The van der Waals surface area contributed by atoms with Crippen molar-refractivity contribution in [3.05, 3.63) is 24.0 Å². The number of allylic oxidation sites excluding steroid dienone is 2. The van der Waals surface area contributed by atoms with E-state index >= 15 is 0 Å². The van der Waals surface area contributed by atoms with Crippen molar-refractivity contribution in [1.29, 1.82) is 0 Å².